The molecule has 30 heavy (non-hydrogen) atoms. The fraction of sp³-hybridized carbons (Fsp3) is 0.682. The first-order chi connectivity index (χ1) is 14.2. The molecule has 0 amide bonds. The van der Waals surface area contributed by atoms with E-state index in [0.717, 1.165) is 64.0 Å². The predicted octanol–water partition coefficient (Wildman–Crippen LogP) is 2.71. The van der Waals surface area contributed by atoms with Crippen LogP contribution in [0.1, 0.15) is 31.4 Å². The van der Waals surface area contributed by atoms with Gasteiger partial charge in [-0.3, -0.25) is 9.89 Å². The van der Waals surface area contributed by atoms with Crippen molar-refractivity contribution in [2.75, 3.05) is 66.1 Å². The summed E-state index contributed by atoms with van der Waals surface area (Å²) in [5.41, 5.74) is 1.11. The van der Waals surface area contributed by atoms with Crippen LogP contribution in [0.25, 0.3) is 0 Å². The van der Waals surface area contributed by atoms with E-state index in [2.05, 4.69) is 32.3 Å². The molecule has 0 spiro atoms. The molecule has 3 rings (SSSR count). The molecule has 1 aromatic carbocycles. The van der Waals surface area contributed by atoms with Crippen LogP contribution in [0.2, 0.25) is 0 Å². The minimum Gasteiger partial charge on any atom is -0.379 e. The van der Waals surface area contributed by atoms with Crippen molar-refractivity contribution in [2.24, 2.45) is 10.9 Å². The number of piperidine rings is 1. The van der Waals surface area contributed by atoms with Crippen LogP contribution < -0.4 is 10.6 Å². The van der Waals surface area contributed by atoms with Gasteiger partial charge in [0.15, 0.2) is 5.96 Å². The molecule has 0 aliphatic carbocycles. The first-order valence-electron chi connectivity index (χ1n) is 10.9. The van der Waals surface area contributed by atoms with Crippen molar-refractivity contribution >= 4 is 29.9 Å². The van der Waals surface area contributed by atoms with Crippen molar-refractivity contribution in [3.05, 3.63) is 35.6 Å². The molecule has 2 heterocycles. The standard InChI is InChI=1S/C22H36FN5O.HI/c1-3-27-10-4-5-18(17-27)15-25-22(24-2)26-16-21(28-11-13-29-14-12-28)19-6-8-20(23)9-7-19;/h6-9,18,21H,3-5,10-17H2,1-2H3,(H2,24,25,26);1H. The Labute approximate surface area is 197 Å². The van der Waals surface area contributed by atoms with E-state index in [1.807, 2.05) is 19.2 Å². The number of likely N-dealkylation sites (tertiary alicyclic amines) is 1. The van der Waals surface area contributed by atoms with Gasteiger partial charge in [-0.2, -0.15) is 0 Å². The van der Waals surface area contributed by atoms with Gasteiger partial charge in [-0.15, -0.1) is 24.0 Å². The summed E-state index contributed by atoms with van der Waals surface area (Å²) in [4.78, 5) is 9.34. The lowest BCUT2D eigenvalue weighted by molar-refractivity contribution is 0.0170. The Bertz CT molecular complexity index is 639. The fourth-order valence-electron chi connectivity index (χ4n) is 4.29. The largest absolute Gasteiger partial charge is 0.379 e. The van der Waals surface area contributed by atoms with Crippen molar-refractivity contribution < 1.29 is 9.13 Å². The molecule has 2 aliphatic heterocycles. The Morgan fingerprint density at radius 1 is 1.20 bits per heavy atom. The van der Waals surface area contributed by atoms with Gasteiger partial charge in [-0.25, -0.2) is 4.39 Å². The van der Waals surface area contributed by atoms with Gasteiger partial charge in [0.25, 0.3) is 0 Å². The minimum atomic E-state index is -0.200. The number of halogens is 2. The Kier molecular flexibility index (Phi) is 11.3. The molecule has 2 saturated heterocycles. The summed E-state index contributed by atoms with van der Waals surface area (Å²) in [6.45, 7) is 10.6. The third-order valence-electron chi connectivity index (χ3n) is 6.04. The Morgan fingerprint density at radius 2 is 1.93 bits per heavy atom. The average molecular weight is 533 g/mol. The van der Waals surface area contributed by atoms with E-state index in [4.69, 9.17) is 4.74 Å². The number of rotatable bonds is 7. The second-order valence-corrected chi connectivity index (χ2v) is 7.95. The number of morpholine rings is 1. The number of ether oxygens (including phenoxy) is 1. The molecular formula is C22H37FIN5O. The average Bonchev–Trinajstić information content (AvgIpc) is 2.78. The molecule has 2 unspecified atom stereocenters. The number of nitrogens with one attached hydrogen (secondary N) is 2. The number of benzene rings is 1. The predicted molar refractivity (Wildman–Crippen MR) is 131 cm³/mol. The number of aliphatic imine (C=N–C) groups is 1. The molecule has 0 saturated carbocycles. The van der Waals surface area contributed by atoms with Crippen molar-refractivity contribution in [1.82, 2.24) is 20.4 Å². The second-order valence-electron chi connectivity index (χ2n) is 7.95. The Morgan fingerprint density at radius 3 is 2.60 bits per heavy atom. The van der Waals surface area contributed by atoms with E-state index >= 15 is 0 Å². The van der Waals surface area contributed by atoms with Gasteiger partial charge in [-0.1, -0.05) is 19.1 Å². The van der Waals surface area contributed by atoms with Crippen molar-refractivity contribution in [1.29, 1.82) is 0 Å². The van der Waals surface area contributed by atoms with E-state index in [1.165, 1.54) is 19.4 Å². The molecule has 2 N–H and O–H groups in total. The van der Waals surface area contributed by atoms with Gasteiger partial charge in [0.2, 0.25) is 0 Å². The maximum Gasteiger partial charge on any atom is 0.191 e. The van der Waals surface area contributed by atoms with E-state index in [9.17, 15) is 4.39 Å². The number of nitrogens with zero attached hydrogens (tertiary/aromatic N) is 3. The van der Waals surface area contributed by atoms with Gasteiger partial charge in [0.1, 0.15) is 5.82 Å². The lowest BCUT2D eigenvalue weighted by atomic mass is 9.98. The summed E-state index contributed by atoms with van der Waals surface area (Å²) in [5.74, 6) is 1.29. The van der Waals surface area contributed by atoms with E-state index in [1.54, 1.807) is 12.1 Å². The van der Waals surface area contributed by atoms with Crippen LogP contribution in [0, 0.1) is 11.7 Å². The SMILES string of the molecule is CCN1CCCC(CNC(=NC)NCC(c2ccc(F)cc2)N2CCOCC2)C1.I. The first kappa shape index (κ1) is 25.3. The van der Waals surface area contributed by atoms with Crippen molar-refractivity contribution in [3.8, 4) is 0 Å². The second kappa shape index (κ2) is 13.4. The summed E-state index contributed by atoms with van der Waals surface area (Å²) < 4.78 is 18.9. The lowest BCUT2D eigenvalue weighted by Gasteiger charge is -2.35. The number of hydrogen-bond donors (Lipinski definition) is 2. The maximum atomic E-state index is 13.4. The summed E-state index contributed by atoms with van der Waals surface area (Å²) in [6.07, 6.45) is 2.54. The van der Waals surface area contributed by atoms with Gasteiger partial charge in [0.05, 0.1) is 19.3 Å². The molecular weight excluding hydrogens is 496 g/mol. The summed E-state index contributed by atoms with van der Waals surface area (Å²) in [5, 5.41) is 7.01. The highest BCUT2D eigenvalue weighted by molar-refractivity contribution is 14.0. The zero-order valence-corrected chi connectivity index (χ0v) is 20.6. The molecule has 8 heteroatoms. The highest BCUT2D eigenvalue weighted by atomic mass is 127. The molecule has 1 aromatic rings. The zero-order valence-electron chi connectivity index (χ0n) is 18.3. The Hall–Kier alpha value is -0.970. The lowest BCUT2D eigenvalue weighted by Crippen LogP contribution is -2.48. The summed E-state index contributed by atoms with van der Waals surface area (Å²) >= 11 is 0. The number of hydrogen-bond acceptors (Lipinski definition) is 4. The molecule has 0 radical (unpaired) electrons. The van der Waals surface area contributed by atoms with Crippen molar-refractivity contribution in [3.63, 3.8) is 0 Å². The van der Waals surface area contributed by atoms with Crippen LogP contribution in [0.4, 0.5) is 4.39 Å². The van der Waals surface area contributed by atoms with E-state index < -0.39 is 0 Å². The van der Waals surface area contributed by atoms with Crippen LogP contribution >= 0.6 is 24.0 Å². The third kappa shape index (κ3) is 7.62. The molecule has 2 aliphatic rings. The van der Waals surface area contributed by atoms with Gasteiger partial charge in [-0.05, 0) is 49.5 Å². The Balaban J connectivity index is 0.00000320. The fourth-order valence-corrected chi connectivity index (χ4v) is 4.29. The van der Waals surface area contributed by atoms with E-state index in [0.29, 0.717) is 5.92 Å². The molecule has 0 aromatic heterocycles. The summed E-state index contributed by atoms with van der Waals surface area (Å²) in [7, 11) is 1.82. The highest BCUT2D eigenvalue weighted by Crippen LogP contribution is 2.21. The van der Waals surface area contributed by atoms with Crippen LogP contribution in [-0.4, -0.2) is 81.8 Å². The topological polar surface area (TPSA) is 52.1 Å². The summed E-state index contributed by atoms with van der Waals surface area (Å²) in [6, 6.07) is 7.00. The highest BCUT2D eigenvalue weighted by Gasteiger charge is 2.23. The molecule has 6 nitrogen and oxygen atoms in total. The zero-order chi connectivity index (χ0) is 20.5. The normalized spacial score (nSPS) is 22.2. The minimum absolute atomic E-state index is 0. The smallest absolute Gasteiger partial charge is 0.191 e. The molecule has 0 bridgehead atoms. The van der Waals surface area contributed by atoms with Crippen LogP contribution in [0.5, 0.6) is 0 Å². The molecule has 2 fully saturated rings. The maximum absolute atomic E-state index is 13.4. The monoisotopic (exact) mass is 533 g/mol. The van der Waals surface area contributed by atoms with Crippen molar-refractivity contribution in [2.45, 2.75) is 25.8 Å². The molecule has 2 atom stereocenters. The first-order valence-corrected chi connectivity index (χ1v) is 10.9. The quantitative estimate of drug-likeness (QED) is 0.321. The number of guanidine groups is 1. The third-order valence-corrected chi connectivity index (χ3v) is 6.04. The van der Waals surface area contributed by atoms with Crippen LogP contribution in [0.15, 0.2) is 29.3 Å². The van der Waals surface area contributed by atoms with Gasteiger partial charge in [0, 0.05) is 39.8 Å². The van der Waals surface area contributed by atoms with Gasteiger partial charge >= 0.3 is 0 Å². The molecule has 170 valence electrons. The van der Waals surface area contributed by atoms with Crippen LogP contribution in [-0.2, 0) is 4.74 Å². The van der Waals surface area contributed by atoms with E-state index in [-0.39, 0.29) is 35.8 Å². The van der Waals surface area contributed by atoms with Gasteiger partial charge < -0.3 is 20.3 Å². The van der Waals surface area contributed by atoms with Crippen LogP contribution in [0.3, 0.4) is 0 Å².